The molecule has 0 spiro atoms. The Morgan fingerprint density at radius 2 is 1.90 bits per heavy atom. The smallest absolute Gasteiger partial charge is 0.133 e. The maximum atomic E-state index is 5.79. The number of fused-ring (bicyclic) bond motifs is 1. The molecule has 0 fully saturated rings. The van der Waals surface area contributed by atoms with Gasteiger partial charge in [0, 0.05) is 18.0 Å². The second kappa shape index (κ2) is 5.54. The zero-order valence-corrected chi connectivity index (χ0v) is 12.4. The van der Waals surface area contributed by atoms with Crippen LogP contribution in [0.5, 0.6) is 5.75 Å². The maximum Gasteiger partial charge on any atom is 0.133 e. The fourth-order valence-electron chi connectivity index (χ4n) is 2.26. The van der Waals surface area contributed by atoms with Crippen LogP contribution in [0, 0.1) is 0 Å². The Labute approximate surface area is 128 Å². The van der Waals surface area contributed by atoms with Crippen molar-refractivity contribution < 1.29 is 4.74 Å². The summed E-state index contributed by atoms with van der Waals surface area (Å²) in [6.07, 6.45) is 0. The molecule has 0 saturated heterocycles. The van der Waals surface area contributed by atoms with E-state index in [9.17, 15) is 0 Å². The van der Waals surface area contributed by atoms with Crippen LogP contribution < -0.4 is 10.5 Å². The van der Waals surface area contributed by atoms with E-state index >= 15 is 0 Å². The monoisotopic (exact) mass is 297 g/mol. The van der Waals surface area contributed by atoms with Gasteiger partial charge in [0.2, 0.25) is 0 Å². The van der Waals surface area contributed by atoms with Gasteiger partial charge >= 0.3 is 0 Å². The molecule has 0 aliphatic rings. The largest absolute Gasteiger partial charge is 0.487 e. The Bertz CT molecular complexity index is 793. The molecule has 0 atom stereocenters. The van der Waals surface area contributed by atoms with Crippen molar-refractivity contribution >= 4 is 28.1 Å². The zero-order valence-electron chi connectivity index (χ0n) is 11.6. The third-order valence-electron chi connectivity index (χ3n) is 3.35. The number of aromatic nitrogens is 2. The Kier molecular flexibility index (Phi) is 3.58. The van der Waals surface area contributed by atoms with Crippen LogP contribution in [-0.2, 0) is 13.7 Å². The molecule has 1 aromatic heterocycles. The number of thiocarbonyl (C=S) groups is 1. The number of hydrogen-bond acceptors (Lipinski definition) is 3. The van der Waals surface area contributed by atoms with E-state index in [1.807, 2.05) is 54.2 Å². The molecule has 1 heterocycles. The molecule has 21 heavy (non-hydrogen) atoms. The van der Waals surface area contributed by atoms with E-state index in [-0.39, 0.29) is 0 Å². The number of ether oxygens (including phenoxy) is 1. The fourth-order valence-corrected chi connectivity index (χ4v) is 2.40. The molecule has 3 aromatic rings. The van der Waals surface area contributed by atoms with Crippen LogP contribution in [0.1, 0.15) is 11.3 Å². The van der Waals surface area contributed by atoms with E-state index in [0.29, 0.717) is 11.6 Å². The van der Waals surface area contributed by atoms with E-state index in [4.69, 9.17) is 22.7 Å². The summed E-state index contributed by atoms with van der Waals surface area (Å²) in [5.41, 5.74) is 8.43. The summed E-state index contributed by atoms with van der Waals surface area (Å²) in [4.78, 5) is 0.386. The molecule has 0 amide bonds. The van der Waals surface area contributed by atoms with Gasteiger partial charge in [-0.15, -0.1) is 0 Å². The van der Waals surface area contributed by atoms with Gasteiger partial charge in [0.15, 0.2) is 0 Å². The van der Waals surface area contributed by atoms with Crippen LogP contribution in [0.4, 0.5) is 0 Å². The highest BCUT2D eigenvalue weighted by Crippen LogP contribution is 2.20. The van der Waals surface area contributed by atoms with E-state index in [0.717, 1.165) is 27.9 Å². The van der Waals surface area contributed by atoms with Crippen molar-refractivity contribution in [3.8, 4) is 5.75 Å². The molecule has 2 N–H and O–H groups in total. The number of benzene rings is 2. The van der Waals surface area contributed by atoms with Gasteiger partial charge in [0.05, 0.1) is 5.52 Å². The second-order valence-electron chi connectivity index (χ2n) is 4.76. The Balaban J connectivity index is 1.79. The lowest BCUT2D eigenvalue weighted by Crippen LogP contribution is -2.08. The predicted molar refractivity (Wildman–Crippen MR) is 87.4 cm³/mol. The van der Waals surface area contributed by atoms with Gasteiger partial charge in [-0.2, -0.15) is 5.10 Å². The van der Waals surface area contributed by atoms with Crippen molar-refractivity contribution in [1.82, 2.24) is 9.78 Å². The number of nitrogens with zero attached hydrogens (tertiary/aromatic N) is 2. The minimum absolute atomic E-state index is 0.386. The highest BCUT2D eigenvalue weighted by atomic mass is 32.1. The Morgan fingerprint density at radius 3 is 2.62 bits per heavy atom. The first kappa shape index (κ1) is 13.6. The Morgan fingerprint density at radius 1 is 1.19 bits per heavy atom. The number of nitrogens with two attached hydrogens (primary N) is 1. The van der Waals surface area contributed by atoms with Crippen LogP contribution in [-0.4, -0.2) is 14.8 Å². The van der Waals surface area contributed by atoms with E-state index in [1.165, 1.54) is 0 Å². The minimum atomic E-state index is 0.386. The van der Waals surface area contributed by atoms with Gasteiger partial charge in [-0.1, -0.05) is 30.4 Å². The molecule has 0 unspecified atom stereocenters. The van der Waals surface area contributed by atoms with Gasteiger partial charge in [-0.3, -0.25) is 4.68 Å². The predicted octanol–water partition coefficient (Wildman–Crippen LogP) is 2.79. The Hall–Kier alpha value is -2.40. The zero-order chi connectivity index (χ0) is 14.8. The SMILES string of the molecule is Cn1nc(COc2ccc(C(N)=S)cc2)c2ccccc21. The summed E-state index contributed by atoms with van der Waals surface area (Å²) in [7, 11) is 1.93. The average Bonchev–Trinajstić information content (AvgIpc) is 2.83. The lowest BCUT2D eigenvalue weighted by Gasteiger charge is -2.05. The summed E-state index contributed by atoms with van der Waals surface area (Å²) in [6.45, 7) is 0.424. The standard InChI is InChI=1S/C16H15N3OS/c1-19-15-5-3-2-4-13(15)14(18-19)10-20-12-8-6-11(7-9-12)16(17)21/h2-9H,10H2,1H3,(H2,17,21). The van der Waals surface area contributed by atoms with Crippen LogP contribution in [0.3, 0.4) is 0 Å². The first-order valence-corrected chi connectivity index (χ1v) is 6.99. The minimum Gasteiger partial charge on any atom is -0.487 e. The van der Waals surface area contributed by atoms with E-state index in [2.05, 4.69) is 11.2 Å². The molecule has 2 aromatic carbocycles. The molecule has 0 saturated carbocycles. The molecule has 5 heteroatoms. The quantitative estimate of drug-likeness (QED) is 0.752. The fraction of sp³-hybridized carbons (Fsp3) is 0.125. The normalized spacial score (nSPS) is 10.7. The topological polar surface area (TPSA) is 53.1 Å². The third-order valence-corrected chi connectivity index (χ3v) is 3.58. The summed E-state index contributed by atoms with van der Waals surface area (Å²) in [6, 6.07) is 15.5. The molecular formula is C16H15N3OS. The van der Waals surface area contributed by atoms with Gasteiger partial charge in [-0.25, -0.2) is 0 Å². The van der Waals surface area contributed by atoms with Crippen molar-refractivity contribution in [3.63, 3.8) is 0 Å². The summed E-state index contributed by atoms with van der Waals surface area (Å²) in [5.74, 6) is 0.768. The summed E-state index contributed by atoms with van der Waals surface area (Å²) < 4.78 is 7.65. The molecule has 0 radical (unpaired) electrons. The van der Waals surface area contributed by atoms with Crippen LogP contribution in [0.2, 0.25) is 0 Å². The van der Waals surface area contributed by atoms with Crippen molar-refractivity contribution in [3.05, 3.63) is 59.8 Å². The summed E-state index contributed by atoms with van der Waals surface area (Å²) >= 11 is 4.93. The molecular weight excluding hydrogens is 282 g/mol. The van der Waals surface area contributed by atoms with E-state index < -0.39 is 0 Å². The highest BCUT2D eigenvalue weighted by Gasteiger charge is 2.08. The van der Waals surface area contributed by atoms with Gasteiger partial charge in [-0.05, 0) is 30.3 Å². The van der Waals surface area contributed by atoms with Gasteiger partial charge in [0.1, 0.15) is 23.0 Å². The average molecular weight is 297 g/mol. The number of hydrogen-bond donors (Lipinski definition) is 1. The summed E-state index contributed by atoms with van der Waals surface area (Å²) in [5, 5.41) is 5.61. The van der Waals surface area contributed by atoms with Crippen molar-refractivity contribution in [2.75, 3.05) is 0 Å². The lowest BCUT2D eigenvalue weighted by atomic mass is 10.2. The van der Waals surface area contributed by atoms with Crippen LogP contribution >= 0.6 is 12.2 Å². The van der Waals surface area contributed by atoms with Gasteiger partial charge in [0.25, 0.3) is 0 Å². The molecule has 0 aliphatic carbocycles. The van der Waals surface area contributed by atoms with Crippen molar-refractivity contribution in [2.24, 2.45) is 12.8 Å². The number of rotatable bonds is 4. The molecule has 0 bridgehead atoms. The molecule has 4 nitrogen and oxygen atoms in total. The van der Waals surface area contributed by atoms with Crippen LogP contribution in [0.15, 0.2) is 48.5 Å². The molecule has 0 aliphatic heterocycles. The second-order valence-corrected chi connectivity index (χ2v) is 5.20. The van der Waals surface area contributed by atoms with Crippen molar-refractivity contribution in [2.45, 2.75) is 6.61 Å². The van der Waals surface area contributed by atoms with E-state index in [1.54, 1.807) is 0 Å². The first-order valence-electron chi connectivity index (χ1n) is 6.58. The number of para-hydroxylation sites is 1. The van der Waals surface area contributed by atoms with Crippen LogP contribution in [0.25, 0.3) is 10.9 Å². The number of aryl methyl sites for hydroxylation is 1. The van der Waals surface area contributed by atoms with Gasteiger partial charge < -0.3 is 10.5 Å². The van der Waals surface area contributed by atoms with Crippen molar-refractivity contribution in [1.29, 1.82) is 0 Å². The molecule has 106 valence electrons. The third kappa shape index (κ3) is 2.73. The maximum absolute atomic E-state index is 5.79. The highest BCUT2D eigenvalue weighted by molar-refractivity contribution is 7.80. The molecule has 3 rings (SSSR count). The first-order chi connectivity index (χ1) is 10.1. The lowest BCUT2D eigenvalue weighted by molar-refractivity contribution is 0.301.